The predicted molar refractivity (Wildman–Crippen MR) is 77.7 cm³/mol. The van der Waals surface area contributed by atoms with Crippen molar-refractivity contribution in [2.45, 2.75) is 49.6 Å². The van der Waals surface area contributed by atoms with Crippen LogP contribution in [0.15, 0.2) is 0 Å². The van der Waals surface area contributed by atoms with E-state index in [9.17, 15) is 27.2 Å². The summed E-state index contributed by atoms with van der Waals surface area (Å²) in [4.78, 5) is 20.6. The Morgan fingerprint density at radius 3 is 1.17 bits per heavy atom. The standard InChI is InChI=1S/2C6H12F2N2O2/c2*7-4(8)6(10,5(11)12)2-1-3-9/h2*4H,1-3,9-10H2,(H,11,12). The highest BCUT2D eigenvalue weighted by Gasteiger charge is 2.43. The lowest BCUT2D eigenvalue weighted by Gasteiger charge is -2.22. The van der Waals surface area contributed by atoms with Crippen LogP contribution in [-0.4, -0.2) is 59.2 Å². The van der Waals surface area contributed by atoms with Crippen LogP contribution in [0.5, 0.6) is 0 Å². The molecular weight excluding hydrogens is 340 g/mol. The molecule has 0 aromatic carbocycles. The summed E-state index contributed by atoms with van der Waals surface area (Å²) in [7, 11) is 0. The number of hydrogen-bond donors (Lipinski definition) is 6. The van der Waals surface area contributed by atoms with Gasteiger partial charge in [0.1, 0.15) is 0 Å². The first-order valence-corrected chi connectivity index (χ1v) is 6.91. The summed E-state index contributed by atoms with van der Waals surface area (Å²) in [5.74, 6) is -3.38. The summed E-state index contributed by atoms with van der Waals surface area (Å²) in [6.07, 6.45) is -6.41. The zero-order valence-electron chi connectivity index (χ0n) is 12.9. The Kier molecular flexibility index (Phi) is 11.5. The Bertz CT molecular complexity index is 367. The molecule has 0 fully saturated rings. The first-order chi connectivity index (χ1) is 10.9. The van der Waals surface area contributed by atoms with Gasteiger partial charge in [-0.15, -0.1) is 0 Å². The van der Waals surface area contributed by atoms with Gasteiger partial charge in [0.2, 0.25) is 0 Å². The lowest BCUT2D eigenvalue weighted by atomic mass is 9.95. The average molecular weight is 364 g/mol. The van der Waals surface area contributed by atoms with Crippen molar-refractivity contribution in [1.29, 1.82) is 0 Å². The van der Waals surface area contributed by atoms with Crippen LogP contribution in [0, 0.1) is 0 Å². The fourth-order valence-corrected chi connectivity index (χ4v) is 1.41. The minimum Gasteiger partial charge on any atom is -0.480 e. The van der Waals surface area contributed by atoms with Gasteiger partial charge in [0.25, 0.3) is 12.9 Å². The molecule has 0 spiro atoms. The van der Waals surface area contributed by atoms with Crippen LogP contribution in [0.25, 0.3) is 0 Å². The van der Waals surface area contributed by atoms with Gasteiger partial charge in [-0.2, -0.15) is 0 Å². The molecule has 0 aliphatic rings. The van der Waals surface area contributed by atoms with Crippen LogP contribution >= 0.6 is 0 Å². The van der Waals surface area contributed by atoms with E-state index >= 15 is 0 Å². The highest BCUT2D eigenvalue weighted by molar-refractivity contribution is 5.79. The van der Waals surface area contributed by atoms with Gasteiger partial charge in [0.15, 0.2) is 11.1 Å². The molecule has 0 rings (SSSR count). The molecule has 0 radical (unpaired) electrons. The van der Waals surface area contributed by atoms with Gasteiger partial charge in [-0.1, -0.05) is 0 Å². The molecule has 12 heteroatoms. The quantitative estimate of drug-likeness (QED) is 0.282. The molecule has 8 nitrogen and oxygen atoms in total. The summed E-state index contributed by atoms with van der Waals surface area (Å²) in [6.45, 7) is 0.303. The number of carbonyl (C=O) groups is 2. The van der Waals surface area contributed by atoms with Gasteiger partial charge >= 0.3 is 11.9 Å². The third-order valence-corrected chi connectivity index (χ3v) is 3.16. The van der Waals surface area contributed by atoms with Crippen molar-refractivity contribution in [2.75, 3.05) is 13.1 Å². The van der Waals surface area contributed by atoms with Crippen LogP contribution in [0.4, 0.5) is 17.6 Å². The molecule has 144 valence electrons. The average Bonchev–Trinajstić information content (AvgIpc) is 2.49. The molecule has 24 heavy (non-hydrogen) atoms. The van der Waals surface area contributed by atoms with E-state index in [0.29, 0.717) is 0 Å². The van der Waals surface area contributed by atoms with E-state index in [4.69, 9.17) is 33.1 Å². The number of aliphatic carboxylic acids is 2. The summed E-state index contributed by atoms with van der Waals surface area (Å²) >= 11 is 0. The number of carboxylic acid groups (broad SMARTS) is 2. The van der Waals surface area contributed by atoms with Crippen LogP contribution < -0.4 is 22.9 Å². The molecule has 0 amide bonds. The van der Waals surface area contributed by atoms with Crippen molar-refractivity contribution in [3.63, 3.8) is 0 Å². The molecule has 0 heterocycles. The number of halogens is 4. The summed E-state index contributed by atoms with van der Waals surface area (Å²) in [5, 5.41) is 16.8. The minimum atomic E-state index is -3.07. The zero-order valence-corrected chi connectivity index (χ0v) is 12.9. The molecule has 2 unspecified atom stereocenters. The van der Waals surface area contributed by atoms with E-state index < -0.39 is 35.9 Å². The highest BCUT2D eigenvalue weighted by atomic mass is 19.3. The van der Waals surface area contributed by atoms with Crippen LogP contribution in [0.3, 0.4) is 0 Å². The second-order valence-corrected chi connectivity index (χ2v) is 5.08. The van der Waals surface area contributed by atoms with E-state index in [1.165, 1.54) is 0 Å². The highest BCUT2D eigenvalue weighted by Crippen LogP contribution is 2.19. The van der Waals surface area contributed by atoms with Crippen molar-refractivity contribution >= 4 is 11.9 Å². The summed E-state index contributed by atoms with van der Waals surface area (Å²) < 4.78 is 48.4. The fraction of sp³-hybridized carbons (Fsp3) is 0.833. The van der Waals surface area contributed by atoms with Gasteiger partial charge in [-0.3, -0.25) is 0 Å². The van der Waals surface area contributed by atoms with Gasteiger partial charge < -0.3 is 33.1 Å². The Hall–Kier alpha value is -1.50. The largest absolute Gasteiger partial charge is 0.480 e. The number of nitrogens with two attached hydrogens (primary N) is 4. The Labute approximate surface area is 136 Å². The Morgan fingerprint density at radius 2 is 1.04 bits per heavy atom. The molecule has 0 aromatic rings. The molecule has 0 aliphatic carbocycles. The maximum absolute atomic E-state index is 12.1. The maximum Gasteiger partial charge on any atom is 0.329 e. The third-order valence-electron chi connectivity index (χ3n) is 3.16. The van der Waals surface area contributed by atoms with Crippen molar-refractivity contribution in [3.8, 4) is 0 Å². The normalized spacial score (nSPS) is 16.1. The van der Waals surface area contributed by atoms with E-state index in [-0.39, 0.29) is 38.8 Å². The maximum atomic E-state index is 12.1. The monoisotopic (exact) mass is 364 g/mol. The molecule has 0 bridgehead atoms. The number of carboxylic acids is 2. The Morgan fingerprint density at radius 1 is 0.792 bits per heavy atom. The molecule has 2 atom stereocenters. The number of alkyl halides is 4. The summed E-state index contributed by atoms with van der Waals surface area (Å²) in [6, 6.07) is 0. The van der Waals surface area contributed by atoms with Crippen molar-refractivity contribution in [2.24, 2.45) is 22.9 Å². The molecule has 0 aromatic heterocycles. The van der Waals surface area contributed by atoms with Crippen LogP contribution in [-0.2, 0) is 9.59 Å². The van der Waals surface area contributed by atoms with E-state index in [1.54, 1.807) is 0 Å². The first-order valence-electron chi connectivity index (χ1n) is 6.91. The smallest absolute Gasteiger partial charge is 0.329 e. The van der Waals surface area contributed by atoms with E-state index in [2.05, 4.69) is 0 Å². The van der Waals surface area contributed by atoms with Gasteiger partial charge in [0, 0.05) is 0 Å². The molecule has 10 N–H and O–H groups in total. The van der Waals surface area contributed by atoms with Crippen LogP contribution in [0.1, 0.15) is 25.7 Å². The molecule has 0 aliphatic heterocycles. The lowest BCUT2D eigenvalue weighted by Crippen LogP contribution is -2.54. The zero-order chi connectivity index (χ0) is 19.6. The number of hydrogen-bond acceptors (Lipinski definition) is 6. The SMILES string of the molecule is NCCCC(N)(C(=O)O)C(F)F.NCCCC(N)(C(=O)O)C(F)F. The topological polar surface area (TPSA) is 179 Å². The van der Waals surface area contributed by atoms with E-state index in [1.807, 2.05) is 0 Å². The Balaban J connectivity index is 0. The summed E-state index contributed by atoms with van der Waals surface area (Å²) in [5.41, 5.74) is 15.1. The third kappa shape index (κ3) is 7.38. The molecular formula is C12H24F4N4O4. The fourth-order valence-electron chi connectivity index (χ4n) is 1.41. The van der Waals surface area contributed by atoms with Crippen molar-refractivity contribution in [3.05, 3.63) is 0 Å². The van der Waals surface area contributed by atoms with Gasteiger partial charge in [-0.05, 0) is 38.8 Å². The van der Waals surface area contributed by atoms with Crippen molar-refractivity contribution in [1.82, 2.24) is 0 Å². The number of rotatable bonds is 10. The van der Waals surface area contributed by atoms with Crippen LogP contribution in [0.2, 0.25) is 0 Å². The first kappa shape index (κ1) is 24.7. The van der Waals surface area contributed by atoms with Gasteiger partial charge in [0.05, 0.1) is 0 Å². The lowest BCUT2D eigenvalue weighted by molar-refractivity contribution is -0.151. The van der Waals surface area contributed by atoms with Crippen molar-refractivity contribution < 1.29 is 37.4 Å². The van der Waals surface area contributed by atoms with Gasteiger partial charge in [-0.25, -0.2) is 27.2 Å². The van der Waals surface area contributed by atoms with E-state index in [0.717, 1.165) is 0 Å². The predicted octanol–water partition coefficient (Wildman–Crippen LogP) is -0.455. The second-order valence-electron chi connectivity index (χ2n) is 5.08. The second kappa shape index (κ2) is 11.1. The minimum absolute atomic E-state index is 0.152. The molecule has 0 saturated carbocycles. The molecule has 0 saturated heterocycles.